The molecule has 0 spiro atoms. The number of benzene rings is 2. The van der Waals surface area contributed by atoms with Crippen LogP contribution in [0.25, 0.3) is 11.1 Å². The van der Waals surface area contributed by atoms with E-state index < -0.39 is 5.91 Å². The van der Waals surface area contributed by atoms with Gasteiger partial charge in [0, 0.05) is 27.6 Å². The zero-order valence-corrected chi connectivity index (χ0v) is 24.7. The van der Waals surface area contributed by atoms with Crippen molar-refractivity contribution in [3.63, 3.8) is 0 Å². The molecule has 0 saturated heterocycles. The Hall–Kier alpha value is -4.41. The summed E-state index contributed by atoms with van der Waals surface area (Å²) in [5, 5.41) is 16.8. The van der Waals surface area contributed by atoms with E-state index in [1.807, 2.05) is 82.3 Å². The van der Waals surface area contributed by atoms with Gasteiger partial charge in [-0.1, -0.05) is 42.8 Å². The molecule has 0 atom stereocenters. The fourth-order valence-corrected chi connectivity index (χ4v) is 6.96. The Bertz CT molecular complexity index is 1700. The number of anilines is 2. The summed E-state index contributed by atoms with van der Waals surface area (Å²) in [7, 11) is 0. The number of hydrogen-bond donors (Lipinski definition) is 2. The lowest BCUT2D eigenvalue weighted by molar-refractivity contribution is -0.112. The molecular weight excluding hydrogens is 528 g/mol. The normalized spacial score (nSPS) is 12.9. The number of fused-ring (bicyclic) bond motifs is 1. The van der Waals surface area contributed by atoms with Crippen molar-refractivity contribution in [3.05, 3.63) is 104 Å². The van der Waals surface area contributed by atoms with Crippen molar-refractivity contribution in [2.24, 2.45) is 0 Å². The monoisotopic (exact) mass is 562 g/mol. The maximum Gasteiger partial charge on any atom is 0.266 e. The number of para-hydroxylation sites is 1. The fraction of sp³-hybridized carbons (Fsp3) is 0.265. The van der Waals surface area contributed by atoms with E-state index in [1.54, 1.807) is 17.4 Å². The summed E-state index contributed by atoms with van der Waals surface area (Å²) in [6.45, 7) is 8.01. The number of nitrogens with zero attached hydrogens (tertiary/aromatic N) is 2. The number of nitrogens with one attached hydrogen (secondary N) is 2. The predicted molar refractivity (Wildman–Crippen MR) is 167 cm³/mol. The Balaban J connectivity index is 1.52. The number of hydrogen-bond acceptors (Lipinski definition) is 4. The average molecular weight is 563 g/mol. The topological polar surface area (TPSA) is 86.9 Å². The largest absolute Gasteiger partial charge is 0.322 e. The third-order valence-electron chi connectivity index (χ3n) is 7.67. The van der Waals surface area contributed by atoms with E-state index in [2.05, 4.69) is 21.3 Å². The van der Waals surface area contributed by atoms with Crippen LogP contribution in [0.2, 0.25) is 0 Å². The molecule has 1 aliphatic rings. The van der Waals surface area contributed by atoms with E-state index in [-0.39, 0.29) is 11.5 Å². The Morgan fingerprint density at radius 2 is 1.76 bits per heavy atom. The first-order valence-electron chi connectivity index (χ1n) is 14.0. The molecule has 2 aromatic carbocycles. The smallest absolute Gasteiger partial charge is 0.266 e. The Morgan fingerprint density at radius 1 is 1.02 bits per heavy atom. The van der Waals surface area contributed by atoms with Crippen LogP contribution in [0.15, 0.2) is 60.2 Å². The Morgan fingerprint density at radius 3 is 2.49 bits per heavy atom. The summed E-state index contributed by atoms with van der Waals surface area (Å²) in [5.74, 6) is -0.553. The molecule has 4 aromatic rings. The molecule has 0 radical (unpaired) electrons. The number of aryl methyl sites for hydroxylation is 4. The molecule has 0 fully saturated rings. The molecule has 1 aliphatic carbocycles. The number of nitriles is 1. The summed E-state index contributed by atoms with van der Waals surface area (Å²) in [6, 6.07) is 19.5. The minimum absolute atomic E-state index is 0.0268. The van der Waals surface area contributed by atoms with Crippen molar-refractivity contribution < 1.29 is 9.59 Å². The van der Waals surface area contributed by atoms with Gasteiger partial charge in [0.05, 0.1) is 5.56 Å². The molecule has 0 bridgehead atoms. The highest BCUT2D eigenvalue weighted by molar-refractivity contribution is 7.15. The third kappa shape index (κ3) is 5.75. The molecule has 6 nitrogen and oxygen atoms in total. The minimum Gasteiger partial charge on any atom is -0.322 e. The van der Waals surface area contributed by atoms with Crippen LogP contribution in [0.3, 0.4) is 0 Å². The maximum absolute atomic E-state index is 13.8. The highest BCUT2D eigenvalue weighted by Gasteiger charge is 2.28. The van der Waals surface area contributed by atoms with E-state index in [4.69, 9.17) is 0 Å². The second-order valence-corrected chi connectivity index (χ2v) is 11.6. The zero-order valence-electron chi connectivity index (χ0n) is 23.9. The number of amides is 2. The standard InChI is InChI=1S/C34H34N4O2S/c1-5-24-10-6-8-12-29(24)37-32(39)26(20-35)19-25-18-22(3)38(23(25)4)34-31(28-11-7-9-13-30(28)41-34)33(40)36-27-16-14-21(2)15-17-27/h6,8,10,12,14-19H,5,7,9,11,13H2,1-4H3,(H,36,40)(H,37,39)/b26-19-. The van der Waals surface area contributed by atoms with Crippen molar-refractivity contribution >= 4 is 40.6 Å². The van der Waals surface area contributed by atoms with Crippen molar-refractivity contribution in [1.29, 1.82) is 5.26 Å². The SMILES string of the molecule is CCc1ccccc1NC(=O)/C(C#N)=C\c1cc(C)n(-c2sc3c(c2C(=O)Nc2ccc(C)cc2)CCCC3)c1C. The van der Waals surface area contributed by atoms with Crippen LogP contribution >= 0.6 is 11.3 Å². The molecule has 0 unspecified atom stereocenters. The lowest BCUT2D eigenvalue weighted by atomic mass is 9.95. The van der Waals surface area contributed by atoms with Gasteiger partial charge < -0.3 is 15.2 Å². The predicted octanol–water partition coefficient (Wildman–Crippen LogP) is 7.70. The van der Waals surface area contributed by atoms with Gasteiger partial charge >= 0.3 is 0 Å². The molecule has 208 valence electrons. The summed E-state index contributed by atoms with van der Waals surface area (Å²) < 4.78 is 2.10. The van der Waals surface area contributed by atoms with Gasteiger partial charge in [0.1, 0.15) is 16.6 Å². The molecule has 41 heavy (non-hydrogen) atoms. The lowest BCUT2D eigenvalue weighted by Crippen LogP contribution is -2.17. The first-order valence-corrected chi connectivity index (χ1v) is 14.8. The second kappa shape index (κ2) is 12.0. The van der Waals surface area contributed by atoms with Crippen LogP contribution in [0.1, 0.15) is 68.6 Å². The van der Waals surface area contributed by atoms with Crippen molar-refractivity contribution in [2.75, 3.05) is 10.6 Å². The first kappa shape index (κ1) is 28.1. The van der Waals surface area contributed by atoms with Gasteiger partial charge in [-0.25, -0.2) is 0 Å². The van der Waals surface area contributed by atoms with Crippen molar-refractivity contribution in [1.82, 2.24) is 4.57 Å². The van der Waals surface area contributed by atoms with Crippen LogP contribution in [0.4, 0.5) is 11.4 Å². The molecule has 2 amide bonds. The molecule has 2 N–H and O–H groups in total. The molecule has 2 aromatic heterocycles. The second-order valence-electron chi connectivity index (χ2n) is 10.5. The van der Waals surface area contributed by atoms with E-state index in [1.165, 1.54) is 4.88 Å². The molecule has 5 rings (SSSR count). The van der Waals surface area contributed by atoms with Gasteiger partial charge in [-0.2, -0.15) is 5.26 Å². The van der Waals surface area contributed by atoms with Crippen LogP contribution in [-0.2, 0) is 24.1 Å². The zero-order chi connectivity index (χ0) is 29.1. The number of carbonyl (C=O) groups excluding carboxylic acids is 2. The van der Waals surface area contributed by atoms with Crippen LogP contribution < -0.4 is 10.6 Å². The van der Waals surface area contributed by atoms with Crippen LogP contribution in [-0.4, -0.2) is 16.4 Å². The van der Waals surface area contributed by atoms with E-state index >= 15 is 0 Å². The fourth-order valence-electron chi connectivity index (χ4n) is 5.46. The summed E-state index contributed by atoms with van der Waals surface area (Å²) in [4.78, 5) is 28.1. The lowest BCUT2D eigenvalue weighted by Gasteiger charge is -2.14. The molecule has 7 heteroatoms. The Kier molecular flexibility index (Phi) is 8.23. The summed E-state index contributed by atoms with van der Waals surface area (Å²) in [6.07, 6.45) is 6.44. The highest BCUT2D eigenvalue weighted by atomic mass is 32.1. The summed E-state index contributed by atoms with van der Waals surface area (Å²) >= 11 is 1.67. The van der Waals surface area contributed by atoms with E-state index in [0.717, 1.165) is 82.0 Å². The van der Waals surface area contributed by atoms with Gasteiger partial charge in [-0.3, -0.25) is 9.59 Å². The van der Waals surface area contributed by atoms with Gasteiger partial charge in [0.25, 0.3) is 11.8 Å². The first-order chi connectivity index (χ1) is 19.8. The highest BCUT2D eigenvalue weighted by Crippen LogP contribution is 2.39. The van der Waals surface area contributed by atoms with Gasteiger partial charge in [0.15, 0.2) is 0 Å². The third-order valence-corrected chi connectivity index (χ3v) is 8.95. The molecular formula is C34H34N4O2S. The van der Waals surface area contributed by atoms with E-state index in [0.29, 0.717) is 5.69 Å². The van der Waals surface area contributed by atoms with Gasteiger partial charge in [-0.05, 0) is 99.9 Å². The maximum atomic E-state index is 13.8. The van der Waals surface area contributed by atoms with Gasteiger partial charge in [0.2, 0.25) is 0 Å². The van der Waals surface area contributed by atoms with Crippen LogP contribution in [0, 0.1) is 32.1 Å². The number of carbonyl (C=O) groups is 2. The van der Waals surface area contributed by atoms with E-state index in [9.17, 15) is 14.9 Å². The average Bonchev–Trinajstić information content (AvgIpc) is 3.48. The summed E-state index contributed by atoms with van der Waals surface area (Å²) in [5.41, 5.74) is 8.08. The van der Waals surface area contributed by atoms with Crippen molar-refractivity contribution in [3.8, 4) is 11.1 Å². The molecule has 0 aliphatic heterocycles. The molecule has 0 saturated carbocycles. The number of aromatic nitrogens is 1. The van der Waals surface area contributed by atoms with Gasteiger partial charge in [-0.15, -0.1) is 11.3 Å². The Labute approximate surface area is 245 Å². The number of rotatable bonds is 7. The quantitative estimate of drug-likeness (QED) is 0.179. The van der Waals surface area contributed by atoms with Crippen LogP contribution in [0.5, 0.6) is 0 Å². The van der Waals surface area contributed by atoms with Crippen molar-refractivity contribution in [2.45, 2.75) is 59.8 Å². The minimum atomic E-state index is -0.442. The molecule has 2 heterocycles. The number of thiophene rings is 1.